The van der Waals surface area contributed by atoms with Gasteiger partial charge in [-0.2, -0.15) is 10.5 Å². The Morgan fingerprint density at radius 3 is 2.62 bits per heavy atom. The smallest absolute Gasteiger partial charge is 0.172 e. The number of nitrogens with one attached hydrogen (secondary N) is 1. The summed E-state index contributed by atoms with van der Waals surface area (Å²) in [5.74, 6) is 0.399. The van der Waals surface area contributed by atoms with E-state index in [1.165, 1.54) is 13.2 Å². The number of hydrogen-bond acceptors (Lipinski definition) is 4. The van der Waals surface area contributed by atoms with Gasteiger partial charge in [0.1, 0.15) is 17.4 Å². The van der Waals surface area contributed by atoms with Crippen LogP contribution in [0.3, 0.4) is 0 Å². The van der Waals surface area contributed by atoms with Gasteiger partial charge < -0.3 is 9.94 Å². The summed E-state index contributed by atoms with van der Waals surface area (Å²) >= 11 is 0. The van der Waals surface area contributed by atoms with E-state index in [9.17, 15) is 5.21 Å². The molecule has 0 bridgehead atoms. The van der Waals surface area contributed by atoms with Crippen LogP contribution < -0.4 is 5.23 Å². The number of nitriles is 1. The average Bonchev–Trinajstić information content (AvgIpc) is 2.30. The van der Waals surface area contributed by atoms with E-state index < -0.39 is 5.23 Å². The van der Waals surface area contributed by atoms with Crippen LogP contribution in [0, 0.1) is 16.5 Å². The second kappa shape index (κ2) is 5.28. The highest BCUT2D eigenvalue weighted by molar-refractivity contribution is 5.82. The first-order chi connectivity index (χ1) is 7.61. The van der Waals surface area contributed by atoms with Crippen LogP contribution in [0.4, 0.5) is 5.69 Å². The Hall–Kier alpha value is -1.87. The Morgan fingerprint density at radius 2 is 2.12 bits per heavy atom. The Morgan fingerprint density at radius 1 is 1.50 bits per heavy atom. The fraction of sp³-hybridized carbons (Fsp3) is 0.182. The van der Waals surface area contributed by atoms with Crippen LogP contribution in [0.15, 0.2) is 30.0 Å². The summed E-state index contributed by atoms with van der Waals surface area (Å²) in [4.78, 5) is 0. The van der Waals surface area contributed by atoms with Gasteiger partial charge >= 0.3 is 0 Å². The highest BCUT2D eigenvalue weighted by Gasteiger charge is 2.15. The SMILES string of the molecule is COC(C)=C(C#N)c1ccccc1[NH+]([O-])O. The average molecular weight is 220 g/mol. The maximum absolute atomic E-state index is 11.0. The Balaban J connectivity index is 3.38. The minimum atomic E-state index is -1.06. The van der Waals surface area contributed by atoms with Crippen molar-refractivity contribution in [3.8, 4) is 6.07 Å². The molecule has 1 unspecified atom stereocenters. The number of allylic oxidation sites excluding steroid dienone is 2. The number of benzene rings is 1. The number of methoxy groups -OCH3 is 1. The maximum Gasteiger partial charge on any atom is 0.172 e. The van der Waals surface area contributed by atoms with Gasteiger partial charge in [0.2, 0.25) is 0 Å². The van der Waals surface area contributed by atoms with Crippen molar-refractivity contribution in [3.63, 3.8) is 0 Å². The van der Waals surface area contributed by atoms with Gasteiger partial charge in [0.05, 0.1) is 12.7 Å². The Bertz CT molecular complexity index is 447. The molecule has 1 atom stereocenters. The normalized spacial score (nSPS) is 13.7. The second-order valence-electron chi connectivity index (χ2n) is 3.10. The molecule has 1 aromatic carbocycles. The molecule has 0 aromatic heterocycles. The monoisotopic (exact) mass is 220 g/mol. The lowest BCUT2D eigenvalue weighted by Crippen LogP contribution is -2.99. The molecule has 0 saturated carbocycles. The number of ether oxygens (including phenoxy) is 1. The molecular weight excluding hydrogens is 208 g/mol. The topological polar surface area (TPSA) is 80.8 Å². The summed E-state index contributed by atoms with van der Waals surface area (Å²) in [5, 5.41) is 27.9. The molecular formula is C11H12N2O3. The van der Waals surface area contributed by atoms with Crippen molar-refractivity contribution < 1.29 is 15.2 Å². The molecule has 1 rings (SSSR count). The molecule has 0 aliphatic heterocycles. The van der Waals surface area contributed by atoms with E-state index in [-0.39, 0.29) is 11.3 Å². The number of hydrogen-bond donors (Lipinski definition) is 2. The van der Waals surface area contributed by atoms with Gasteiger partial charge in [0, 0.05) is 6.07 Å². The number of rotatable bonds is 3. The third-order valence-electron chi connectivity index (χ3n) is 2.20. The Kier molecular flexibility index (Phi) is 4.03. The summed E-state index contributed by atoms with van der Waals surface area (Å²) in [7, 11) is 1.44. The van der Waals surface area contributed by atoms with Gasteiger partial charge in [0.15, 0.2) is 5.69 Å². The molecule has 1 aromatic rings. The summed E-state index contributed by atoms with van der Waals surface area (Å²) in [5.41, 5.74) is 0.702. The fourth-order valence-corrected chi connectivity index (χ4v) is 1.32. The number of quaternary nitrogens is 1. The molecule has 0 heterocycles. The van der Waals surface area contributed by atoms with E-state index in [0.29, 0.717) is 11.3 Å². The zero-order valence-electron chi connectivity index (χ0n) is 9.02. The lowest BCUT2D eigenvalue weighted by Gasteiger charge is -2.15. The molecule has 0 spiro atoms. The van der Waals surface area contributed by atoms with Crippen molar-refractivity contribution in [1.82, 2.24) is 0 Å². The summed E-state index contributed by atoms with van der Waals surface area (Å²) < 4.78 is 4.96. The largest absolute Gasteiger partial charge is 0.595 e. The zero-order valence-corrected chi connectivity index (χ0v) is 9.02. The molecule has 2 N–H and O–H groups in total. The van der Waals surface area contributed by atoms with Gasteiger partial charge in [-0.1, -0.05) is 12.1 Å². The van der Waals surface area contributed by atoms with Crippen LogP contribution in [0.25, 0.3) is 5.57 Å². The van der Waals surface area contributed by atoms with Gasteiger partial charge in [-0.05, 0) is 13.0 Å². The highest BCUT2D eigenvalue weighted by Crippen LogP contribution is 2.23. The van der Waals surface area contributed by atoms with Crippen molar-refractivity contribution in [2.45, 2.75) is 6.92 Å². The predicted octanol–water partition coefficient (Wildman–Crippen LogP) is 0.991. The van der Waals surface area contributed by atoms with E-state index in [1.54, 1.807) is 25.1 Å². The van der Waals surface area contributed by atoms with E-state index in [4.69, 9.17) is 15.2 Å². The molecule has 0 saturated heterocycles. The highest BCUT2D eigenvalue weighted by atomic mass is 16.8. The lowest BCUT2D eigenvalue weighted by atomic mass is 10.0. The number of para-hydroxylation sites is 1. The fourth-order valence-electron chi connectivity index (χ4n) is 1.32. The third kappa shape index (κ3) is 2.38. The van der Waals surface area contributed by atoms with E-state index in [1.807, 2.05) is 6.07 Å². The standard InChI is InChI=1S/C11H12N2O3/c1-8(16-2)10(7-12)9-5-3-4-6-11(9)13(14)15/h3-6,13-14H,1-2H3. The minimum Gasteiger partial charge on any atom is -0.595 e. The van der Waals surface area contributed by atoms with Gasteiger partial charge in [-0.25, -0.2) is 5.21 Å². The molecule has 5 nitrogen and oxygen atoms in total. The zero-order chi connectivity index (χ0) is 12.1. The molecule has 0 aliphatic carbocycles. The van der Waals surface area contributed by atoms with Gasteiger partial charge in [0.25, 0.3) is 0 Å². The Labute approximate surface area is 93.3 Å². The first-order valence-electron chi connectivity index (χ1n) is 4.59. The molecule has 0 radical (unpaired) electrons. The van der Waals surface area contributed by atoms with Crippen molar-refractivity contribution >= 4 is 11.3 Å². The van der Waals surface area contributed by atoms with Crippen LogP contribution in [0.5, 0.6) is 0 Å². The van der Waals surface area contributed by atoms with Crippen molar-refractivity contribution in [1.29, 1.82) is 5.26 Å². The summed E-state index contributed by atoms with van der Waals surface area (Å²) in [6, 6.07) is 8.30. The van der Waals surface area contributed by atoms with Crippen LogP contribution in [-0.4, -0.2) is 12.3 Å². The summed E-state index contributed by atoms with van der Waals surface area (Å²) in [6.07, 6.45) is 0. The second-order valence-corrected chi connectivity index (χ2v) is 3.10. The molecule has 0 amide bonds. The molecule has 5 heteroatoms. The first-order valence-corrected chi connectivity index (χ1v) is 4.59. The molecule has 84 valence electrons. The van der Waals surface area contributed by atoms with Crippen LogP contribution in [0.1, 0.15) is 12.5 Å². The quantitative estimate of drug-likeness (QED) is 0.452. The van der Waals surface area contributed by atoms with Crippen LogP contribution in [-0.2, 0) is 4.74 Å². The van der Waals surface area contributed by atoms with Gasteiger partial charge in [-0.3, -0.25) is 0 Å². The van der Waals surface area contributed by atoms with Crippen molar-refractivity contribution in [2.24, 2.45) is 0 Å². The van der Waals surface area contributed by atoms with E-state index >= 15 is 0 Å². The molecule has 0 fully saturated rings. The number of nitrogens with zero attached hydrogens (tertiary/aromatic N) is 1. The van der Waals surface area contributed by atoms with E-state index in [2.05, 4.69) is 0 Å². The van der Waals surface area contributed by atoms with Crippen molar-refractivity contribution in [2.75, 3.05) is 7.11 Å². The third-order valence-corrected chi connectivity index (χ3v) is 2.20. The molecule has 0 aliphatic rings. The van der Waals surface area contributed by atoms with Crippen molar-refractivity contribution in [3.05, 3.63) is 40.8 Å². The van der Waals surface area contributed by atoms with Crippen LogP contribution >= 0.6 is 0 Å². The van der Waals surface area contributed by atoms with E-state index in [0.717, 1.165) is 0 Å². The summed E-state index contributed by atoms with van der Waals surface area (Å²) in [6.45, 7) is 1.62. The lowest BCUT2D eigenvalue weighted by molar-refractivity contribution is -0.991. The van der Waals surface area contributed by atoms with Crippen LogP contribution in [0.2, 0.25) is 0 Å². The first kappa shape index (κ1) is 12.2. The minimum absolute atomic E-state index is 0.0930. The molecule has 16 heavy (non-hydrogen) atoms. The van der Waals surface area contributed by atoms with Gasteiger partial charge in [-0.15, -0.1) is 0 Å². The predicted molar refractivity (Wildman–Crippen MR) is 57.4 cm³/mol. The maximum atomic E-state index is 11.0.